The quantitative estimate of drug-likeness (QED) is 0.747. The van der Waals surface area contributed by atoms with Crippen LogP contribution in [-0.2, 0) is 10.0 Å². The maximum absolute atomic E-state index is 12.3. The van der Waals surface area contributed by atoms with Crippen molar-refractivity contribution in [3.63, 3.8) is 0 Å². The summed E-state index contributed by atoms with van der Waals surface area (Å²) < 4.78 is 36.6. The number of rotatable bonds is 3. The molecule has 4 nitrogen and oxygen atoms in total. The summed E-state index contributed by atoms with van der Waals surface area (Å²) in [5.41, 5.74) is 0.267. The number of halogens is 1. The van der Waals surface area contributed by atoms with Gasteiger partial charge >= 0.3 is 0 Å². The molecule has 0 aliphatic carbocycles. The number of aromatic nitrogens is 1. The van der Waals surface area contributed by atoms with E-state index in [2.05, 4.69) is 9.71 Å². The van der Waals surface area contributed by atoms with Crippen LogP contribution in [-0.4, -0.2) is 19.2 Å². The predicted octanol–water partition coefficient (Wildman–Crippen LogP) is 0.982. The van der Waals surface area contributed by atoms with Crippen molar-refractivity contribution in [3.8, 4) is 0 Å². The average Bonchev–Trinajstić information content (AvgIpc) is 2.09. The number of nitrogens with one attached hydrogen (secondary N) is 1. The van der Waals surface area contributed by atoms with Gasteiger partial charge in [-0.05, 0) is 19.1 Å². The monoisotopic (exact) mass is 204 g/mol. The Morgan fingerprint density at radius 2 is 2.23 bits per heavy atom. The lowest BCUT2D eigenvalue weighted by molar-refractivity contribution is 0.583. The van der Waals surface area contributed by atoms with Gasteiger partial charge in [-0.2, -0.15) is 4.39 Å². The molecule has 0 aliphatic rings. The predicted molar refractivity (Wildman–Crippen MR) is 47.3 cm³/mol. The first-order chi connectivity index (χ1) is 6.03. The molecule has 0 saturated heterocycles. The van der Waals surface area contributed by atoms with Gasteiger partial charge in [0.1, 0.15) is 0 Å². The van der Waals surface area contributed by atoms with Crippen molar-refractivity contribution in [1.82, 2.24) is 4.98 Å². The van der Waals surface area contributed by atoms with Gasteiger partial charge in [0.15, 0.2) is 0 Å². The van der Waals surface area contributed by atoms with Gasteiger partial charge in [-0.15, -0.1) is 0 Å². The Hall–Kier alpha value is -1.17. The first kappa shape index (κ1) is 9.91. The average molecular weight is 204 g/mol. The minimum absolute atomic E-state index is 0.0234. The number of sulfonamides is 1. The molecule has 1 heterocycles. The molecule has 0 amide bonds. The maximum atomic E-state index is 12.3. The third kappa shape index (κ3) is 2.98. The van der Waals surface area contributed by atoms with E-state index in [0.29, 0.717) is 0 Å². The van der Waals surface area contributed by atoms with Crippen molar-refractivity contribution in [2.45, 2.75) is 6.92 Å². The lowest BCUT2D eigenvalue weighted by Gasteiger charge is -2.03. The van der Waals surface area contributed by atoms with E-state index in [1.165, 1.54) is 13.0 Å². The van der Waals surface area contributed by atoms with Gasteiger partial charge in [0.2, 0.25) is 16.0 Å². The molecule has 0 radical (unpaired) electrons. The summed E-state index contributed by atoms with van der Waals surface area (Å²) in [6, 6.07) is 2.41. The highest BCUT2D eigenvalue weighted by atomic mass is 32.2. The molecule has 1 rings (SSSR count). The van der Waals surface area contributed by atoms with E-state index in [0.717, 1.165) is 12.3 Å². The van der Waals surface area contributed by atoms with Crippen LogP contribution in [0.1, 0.15) is 6.92 Å². The number of hydrogen-bond acceptors (Lipinski definition) is 3. The number of pyridine rings is 1. The van der Waals surface area contributed by atoms with E-state index in [1.807, 2.05) is 0 Å². The number of anilines is 1. The normalized spacial score (nSPS) is 11.2. The van der Waals surface area contributed by atoms with Crippen molar-refractivity contribution in [2.24, 2.45) is 0 Å². The Kier molecular flexibility index (Phi) is 2.82. The van der Waals surface area contributed by atoms with E-state index in [9.17, 15) is 12.8 Å². The van der Waals surface area contributed by atoms with Crippen molar-refractivity contribution in [1.29, 1.82) is 0 Å². The number of nitrogens with zero attached hydrogens (tertiary/aromatic N) is 1. The van der Waals surface area contributed by atoms with E-state index in [-0.39, 0.29) is 11.4 Å². The summed E-state index contributed by atoms with van der Waals surface area (Å²) >= 11 is 0. The summed E-state index contributed by atoms with van der Waals surface area (Å²) in [5, 5.41) is 0. The third-order valence-electron chi connectivity index (χ3n) is 1.38. The summed E-state index contributed by atoms with van der Waals surface area (Å²) in [4.78, 5) is 3.30. The molecule has 0 aromatic carbocycles. The molecule has 0 saturated carbocycles. The lowest BCUT2D eigenvalue weighted by atomic mass is 10.4. The molecule has 0 atom stereocenters. The minimum Gasteiger partial charge on any atom is -0.282 e. The summed E-state index contributed by atoms with van der Waals surface area (Å²) in [6.45, 7) is 1.51. The Morgan fingerprint density at radius 3 is 2.69 bits per heavy atom. The third-order valence-corrected chi connectivity index (χ3v) is 2.69. The Morgan fingerprint density at radius 1 is 1.54 bits per heavy atom. The van der Waals surface area contributed by atoms with E-state index in [1.54, 1.807) is 0 Å². The first-order valence-electron chi connectivity index (χ1n) is 3.65. The van der Waals surface area contributed by atoms with Crippen LogP contribution in [0.3, 0.4) is 0 Å². The Balaban J connectivity index is 2.82. The van der Waals surface area contributed by atoms with Gasteiger partial charge in [0, 0.05) is 0 Å². The molecule has 1 N–H and O–H groups in total. The topological polar surface area (TPSA) is 59.1 Å². The van der Waals surface area contributed by atoms with Crippen LogP contribution < -0.4 is 4.72 Å². The Bertz CT molecular complexity index is 374. The molecule has 0 aliphatic heterocycles. The van der Waals surface area contributed by atoms with Crippen LogP contribution in [0, 0.1) is 5.95 Å². The summed E-state index contributed by atoms with van der Waals surface area (Å²) in [5.74, 6) is -0.663. The van der Waals surface area contributed by atoms with Gasteiger partial charge in [-0.1, -0.05) is 0 Å². The smallest absolute Gasteiger partial charge is 0.232 e. The molecular weight excluding hydrogens is 195 g/mol. The van der Waals surface area contributed by atoms with Gasteiger partial charge in [-0.3, -0.25) is 4.72 Å². The second-order valence-corrected chi connectivity index (χ2v) is 4.39. The molecule has 0 fully saturated rings. The fourth-order valence-electron chi connectivity index (χ4n) is 0.688. The zero-order chi connectivity index (χ0) is 9.90. The number of hydrogen-bond donors (Lipinski definition) is 1. The van der Waals surface area contributed by atoms with Gasteiger partial charge in [0.25, 0.3) is 0 Å². The molecule has 0 bridgehead atoms. The van der Waals surface area contributed by atoms with Crippen LogP contribution in [0.5, 0.6) is 0 Å². The standard InChI is InChI=1S/C7H9FN2O2S/c1-2-13(11,12)10-6-3-4-7(8)9-5-6/h3-5,10H,2H2,1H3. The molecule has 0 unspecified atom stereocenters. The maximum Gasteiger partial charge on any atom is 0.232 e. The first-order valence-corrected chi connectivity index (χ1v) is 5.31. The van der Waals surface area contributed by atoms with E-state index < -0.39 is 16.0 Å². The molecule has 6 heteroatoms. The van der Waals surface area contributed by atoms with Crippen molar-refractivity contribution < 1.29 is 12.8 Å². The highest BCUT2D eigenvalue weighted by Crippen LogP contribution is 2.07. The summed E-state index contributed by atoms with van der Waals surface area (Å²) in [7, 11) is -3.30. The van der Waals surface area contributed by atoms with Crippen molar-refractivity contribution in [3.05, 3.63) is 24.3 Å². The molecule has 13 heavy (non-hydrogen) atoms. The SMILES string of the molecule is CCS(=O)(=O)Nc1ccc(F)nc1. The molecule has 1 aromatic heterocycles. The minimum atomic E-state index is -3.30. The van der Waals surface area contributed by atoms with Crippen LogP contribution in [0.15, 0.2) is 18.3 Å². The zero-order valence-corrected chi connectivity index (χ0v) is 7.81. The second kappa shape index (κ2) is 3.69. The molecule has 0 spiro atoms. The lowest BCUT2D eigenvalue weighted by Crippen LogP contribution is -2.14. The fraction of sp³-hybridized carbons (Fsp3) is 0.286. The van der Waals surface area contributed by atoms with Crippen LogP contribution in [0.4, 0.5) is 10.1 Å². The fourth-order valence-corrected chi connectivity index (χ4v) is 1.31. The highest BCUT2D eigenvalue weighted by molar-refractivity contribution is 7.92. The second-order valence-electron chi connectivity index (χ2n) is 2.38. The van der Waals surface area contributed by atoms with Gasteiger partial charge in [-0.25, -0.2) is 13.4 Å². The van der Waals surface area contributed by atoms with E-state index in [4.69, 9.17) is 0 Å². The van der Waals surface area contributed by atoms with E-state index >= 15 is 0 Å². The largest absolute Gasteiger partial charge is 0.282 e. The van der Waals surface area contributed by atoms with Crippen LogP contribution in [0.25, 0.3) is 0 Å². The van der Waals surface area contributed by atoms with Gasteiger partial charge in [0.05, 0.1) is 17.6 Å². The van der Waals surface area contributed by atoms with Crippen LogP contribution in [0.2, 0.25) is 0 Å². The zero-order valence-electron chi connectivity index (χ0n) is 6.99. The molecule has 72 valence electrons. The van der Waals surface area contributed by atoms with Crippen LogP contribution >= 0.6 is 0 Å². The Labute approximate surface area is 75.9 Å². The highest BCUT2D eigenvalue weighted by Gasteiger charge is 2.06. The van der Waals surface area contributed by atoms with Gasteiger partial charge < -0.3 is 0 Å². The molecule has 1 aromatic rings. The molecular formula is C7H9FN2O2S. The van der Waals surface area contributed by atoms with Crippen molar-refractivity contribution >= 4 is 15.7 Å². The van der Waals surface area contributed by atoms with Crippen molar-refractivity contribution in [2.75, 3.05) is 10.5 Å². The summed E-state index contributed by atoms with van der Waals surface area (Å²) in [6.07, 6.45) is 1.13.